The van der Waals surface area contributed by atoms with Crippen LogP contribution in [0, 0.1) is 0 Å². The average molecular weight is 296 g/mol. The quantitative estimate of drug-likeness (QED) is 0.900. The van der Waals surface area contributed by atoms with Crippen molar-refractivity contribution in [3.05, 3.63) is 29.3 Å². The molecule has 1 unspecified atom stereocenters. The molecule has 1 saturated heterocycles. The fraction of sp³-hybridized carbons (Fsp3) is 0.429. The van der Waals surface area contributed by atoms with Gasteiger partial charge in [-0.1, -0.05) is 11.6 Å². The predicted octanol–water partition coefficient (Wildman–Crippen LogP) is 2.47. The zero-order valence-electron chi connectivity index (χ0n) is 11.5. The van der Waals surface area contributed by atoms with E-state index >= 15 is 0 Å². The Morgan fingerprint density at radius 1 is 1.35 bits per heavy atom. The van der Waals surface area contributed by atoms with Crippen molar-refractivity contribution in [2.75, 3.05) is 11.9 Å². The number of hydrogen-bond donors (Lipinski definition) is 2. The molecule has 0 radical (unpaired) electrons. The lowest BCUT2D eigenvalue weighted by atomic mass is 10.2. The summed E-state index contributed by atoms with van der Waals surface area (Å²) in [5.41, 5.74) is 0.664. The van der Waals surface area contributed by atoms with Crippen molar-refractivity contribution in [2.24, 2.45) is 0 Å². The third-order valence-electron chi connectivity index (χ3n) is 3.22. The predicted molar refractivity (Wildman–Crippen MR) is 78.9 cm³/mol. The first-order chi connectivity index (χ1) is 9.45. The van der Waals surface area contributed by atoms with Crippen LogP contribution in [0.5, 0.6) is 0 Å². The number of rotatable bonds is 3. The summed E-state index contributed by atoms with van der Waals surface area (Å²) in [7, 11) is 0. The minimum Gasteiger partial charge on any atom is -0.338 e. The van der Waals surface area contributed by atoms with Gasteiger partial charge in [0.25, 0.3) is 0 Å². The molecule has 2 rings (SSSR count). The Labute approximate surface area is 123 Å². The molecule has 0 aliphatic carbocycles. The molecule has 1 aromatic carbocycles. The molecule has 6 heteroatoms. The summed E-state index contributed by atoms with van der Waals surface area (Å²) in [6.07, 6.45) is 0.353. The van der Waals surface area contributed by atoms with E-state index < -0.39 is 0 Å². The van der Waals surface area contributed by atoms with Crippen LogP contribution in [0.1, 0.15) is 20.3 Å². The number of anilines is 1. The SMILES string of the molecule is CC(C)N1CC(NC(=O)Nc2ccc(Cl)cc2)CC1=O. The lowest BCUT2D eigenvalue weighted by molar-refractivity contribution is -0.129. The molecule has 5 nitrogen and oxygen atoms in total. The van der Waals surface area contributed by atoms with E-state index in [1.165, 1.54) is 0 Å². The largest absolute Gasteiger partial charge is 0.338 e. The number of nitrogens with one attached hydrogen (secondary N) is 2. The van der Waals surface area contributed by atoms with E-state index in [1.807, 2.05) is 13.8 Å². The number of urea groups is 1. The number of nitrogens with zero attached hydrogens (tertiary/aromatic N) is 1. The Bertz CT molecular complexity index is 502. The van der Waals surface area contributed by atoms with Gasteiger partial charge in [0, 0.05) is 29.7 Å². The highest BCUT2D eigenvalue weighted by Gasteiger charge is 2.31. The van der Waals surface area contributed by atoms with Gasteiger partial charge in [-0.25, -0.2) is 4.79 Å². The smallest absolute Gasteiger partial charge is 0.319 e. The fourth-order valence-electron chi connectivity index (χ4n) is 2.21. The van der Waals surface area contributed by atoms with Crippen molar-refractivity contribution in [1.82, 2.24) is 10.2 Å². The molecule has 0 bridgehead atoms. The Morgan fingerprint density at radius 3 is 2.55 bits per heavy atom. The normalized spacial score (nSPS) is 18.5. The van der Waals surface area contributed by atoms with Crippen LogP contribution in [-0.2, 0) is 4.79 Å². The molecule has 1 heterocycles. The van der Waals surface area contributed by atoms with Crippen LogP contribution in [0.2, 0.25) is 5.02 Å². The number of benzene rings is 1. The lowest BCUT2D eigenvalue weighted by Gasteiger charge is -2.21. The molecule has 1 fully saturated rings. The van der Waals surface area contributed by atoms with Gasteiger partial charge < -0.3 is 15.5 Å². The molecule has 20 heavy (non-hydrogen) atoms. The van der Waals surface area contributed by atoms with Gasteiger partial charge in [-0.15, -0.1) is 0 Å². The van der Waals surface area contributed by atoms with Crippen molar-refractivity contribution < 1.29 is 9.59 Å². The van der Waals surface area contributed by atoms with Crippen molar-refractivity contribution in [2.45, 2.75) is 32.4 Å². The first-order valence-corrected chi connectivity index (χ1v) is 6.96. The summed E-state index contributed by atoms with van der Waals surface area (Å²) in [6, 6.07) is 6.57. The van der Waals surface area contributed by atoms with Gasteiger partial charge >= 0.3 is 6.03 Å². The fourth-order valence-corrected chi connectivity index (χ4v) is 2.34. The lowest BCUT2D eigenvalue weighted by Crippen LogP contribution is -2.40. The second kappa shape index (κ2) is 6.13. The number of likely N-dealkylation sites (tertiary alicyclic amines) is 1. The van der Waals surface area contributed by atoms with Gasteiger partial charge in [0.15, 0.2) is 0 Å². The van der Waals surface area contributed by atoms with E-state index in [2.05, 4.69) is 10.6 Å². The minimum atomic E-state index is -0.310. The molecule has 1 aromatic rings. The second-order valence-electron chi connectivity index (χ2n) is 5.15. The van der Waals surface area contributed by atoms with Gasteiger partial charge in [0.2, 0.25) is 5.91 Å². The molecule has 0 spiro atoms. The number of amides is 3. The number of carbonyl (C=O) groups is 2. The first kappa shape index (κ1) is 14.7. The van der Waals surface area contributed by atoms with Gasteiger partial charge in [-0.2, -0.15) is 0 Å². The van der Waals surface area contributed by atoms with Crippen LogP contribution in [0.15, 0.2) is 24.3 Å². The van der Waals surface area contributed by atoms with Crippen LogP contribution < -0.4 is 10.6 Å². The third-order valence-corrected chi connectivity index (χ3v) is 3.47. The van der Waals surface area contributed by atoms with E-state index in [-0.39, 0.29) is 24.0 Å². The Morgan fingerprint density at radius 2 is 2.00 bits per heavy atom. The van der Waals surface area contributed by atoms with Crippen molar-refractivity contribution in [3.8, 4) is 0 Å². The third kappa shape index (κ3) is 3.63. The van der Waals surface area contributed by atoms with E-state index in [0.717, 1.165) is 0 Å². The summed E-state index contributed by atoms with van der Waals surface area (Å²) in [6.45, 7) is 4.49. The summed E-state index contributed by atoms with van der Waals surface area (Å²) < 4.78 is 0. The Kier molecular flexibility index (Phi) is 4.49. The number of carbonyl (C=O) groups excluding carboxylic acids is 2. The molecular formula is C14H18ClN3O2. The van der Waals surface area contributed by atoms with Gasteiger partial charge in [0.1, 0.15) is 0 Å². The van der Waals surface area contributed by atoms with Crippen molar-refractivity contribution in [1.29, 1.82) is 0 Å². The van der Waals surface area contributed by atoms with Gasteiger partial charge in [0.05, 0.1) is 6.04 Å². The second-order valence-corrected chi connectivity index (χ2v) is 5.58. The summed E-state index contributed by atoms with van der Waals surface area (Å²) >= 11 is 5.78. The topological polar surface area (TPSA) is 61.4 Å². The standard InChI is InChI=1S/C14H18ClN3O2/c1-9(2)18-8-12(7-13(18)19)17-14(20)16-11-5-3-10(15)4-6-11/h3-6,9,12H,7-8H2,1-2H3,(H2,16,17,20). The number of hydrogen-bond acceptors (Lipinski definition) is 2. The highest BCUT2D eigenvalue weighted by molar-refractivity contribution is 6.30. The van der Waals surface area contributed by atoms with Crippen LogP contribution in [-0.4, -0.2) is 35.5 Å². The molecule has 108 valence electrons. The maximum atomic E-state index is 11.9. The Balaban J connectivity index is 1.86. The van der Waals surface area contributed by atoms with Crippen LogP contribution in [0.25, 0.3) is 0 Å². The van der Waals surface area contributed by atoms with E-state index in [0.29, 0.717) is 23.7 Å². The molecule has 3 amide bonds. The first-order valence-electron chi connectivity index (χ1n) is 6.58. The van der Waals surface area contributed by atoms with E-state index in [4.69, 9.17) is 11.6 Å². The molecule has 1 aliphatic heterocycles. The monoisotopic (exact) mass is 295 g/mol. The Hall–Kier alpha value is -1.75. The van der Waals surface area contributed by atoms with Crippen molar-refractivity contribution in [3.63, 3.8) is 0 Å². The zero-order chi connectivity index (χ0) is 14.7. The maximum Gasteiger partial charge on any atom is 0.319 e. The molecule has 0 aromatic heterocycles. The maximum absolute atomic E-state index is 11.9. The molecular weight excluding hydrogens is 278 g/mol. The van der Waals surface area contributed by atoms with Gasteiger partial charge in [-0.3, -0.25) is 4.79 Å². The van der Waals surface area contributed by atoms with Crippen LogP contribution in [0.4, 0.5) is 10.5 Å². The van der Waals surface area contributed by atoms with E-state index in [9.17, 15) is 9.59 Å². The molecule has 1 atom stereocenters. The summed E-state index contributed by atoms with van der Waals surface area (Å²) in [5.74, 6) is 0.0804. The highest BCUT2D eigenvalue weighted by atomic mass is 35.5. The average Bonchev–Trinajstić information content (AvgIpc) is 2.73. The highest BCUT2D eigenvalue weighted by Crippen LogP contribution is 2.15. The summed E-state index contributed by atoms with van der Waals surface area (Å²) in [5, 5.41) is 6.14. The van der Waals surface area contributed by atoms with Crippen LogP contribution >= 0.6 is 11.6 Å². The van der Waals surface area contributed by atoms with Crippen LogP contribution in [0.3, 0.4) is 0 Å². The van der Waals surface area contributed by atoms with Gasteiger partial charge in [-0.05, 0) is 38.1 Å². The number of halogens is 1. The molecule has 2 N–H and O–H groups in total. The van der Waals surface area contributed by atoms with Crippen molar-refractivity contribution >= 4 is 29.2 Å². The molecule has 0 saturated carbocycles. The summed E-state index contributed by atoms with van der Waals surface area (Å²) in [4.78, 5) is 25.4. The van der Waals surface area contributed by atoms with E-state index in [1.54, 1.807) is 29.2 Å². The molecule has 1 aliphatic rings. The zero-order valence-corrected chi connectivity index (χ0v) is 12.3. The minimum absolute atomic E-state index is 0.0804.